The van der Waals surface area contributed by atoms with Crippen LogP contribution in [0.15, 0.2) is 57.8 Å². The number of sulfonamides is 1. The molecule has 3 heterocycles. The van der Waals surface area contributed by atoms with E-state index in [0.29, 0.717) is 29.4 Å². The number of halogens is 2. The van der Waals surface area contributed by atoms with Crippen molar-refractivity contribution in [3.8, 4) is 11.3 Å². The zero-order chi connectivity index (χ0) is 22.2. The number of benzene rings is 1. The van der Waals surface area contributed by atoms with Crippen LogP contribution in [0, 0.1) is 12.7 Å². The van der Waals surface area contributed by atoms with Crippen molar-refractivity contribution in [1.82, 2.24) is 10.3 Å². The van der Waals surface area contributed by atoms with Crippen molar-refractivity contribution >= 4 is 34.1 Å². The second-order valence-electron chi connectivity index (χ2n) is 7.91. The van der Waals surface area contributed by atoms with Crippen LogP contribution in [0.2, 0.25) is 0 Å². The first-order chi connectivity index (χ1) is 14.7. The lowest BCUT2D eigenvalue weighted by Crippen LogP contribution is -2.54. The van der Waals surface area contributed by atoms with E-state index in [9.17, 15) is 12.8 Å². The molecule has 2 atom stereocenters. The molecule has 3 aromatic rings. The predicted octanol–water partition coefficient (Wildman–Crippen LogP) is 4.20. The fourth-order valence-corrected chi connectivity index (χ4v) is 4.82. The molecule has 2 aromatic heterocycles. The molecular weight excluding hydrogens is 455 g/mol. The van der Waals surface area contributed by atoms with E-state index in [-0.39, 0.29) is 28.7 Å². The third-order valence-corrected chi connectivity index (χ3v) is 6.46. The van der Waals surface area contributed by atoms with Gasteiger partial charge in [0.05, 0.1) is 10.5 Å². The van der Waals surface area contributed by atoms with Gasteiger partial charge in [0, 0.05) is 25.2 Å². The van der Waals surface area contributed by atoms with E-state index in [4.69, 9.17) is 4.42 Å². The number of pyridine rings is 1. The average Bonchev–Trinajstić information content (AvgIpc) is 3.13. The lowest BCUT2D eigenvalue weighted by Gasteiger charge is -2.37. The van der Waals surface area contributed by atoms with Crippen LogP contribution in [0.5, 0.6) is 0 Å². The van der Waals surface area contributed by atoms with Crippen molar-refractivity contribution in [3.63, 3.8) is 0 Å². The first-order valence-electron chi connectivity index (χ1n) is 10.1. The Morgan fingerprint density at radius 3 is 2.47 bits per heavy atom. The normalized spacial score (nSPS) is 18.8. The summed E-state index contributed by atoms with van der Waals surface area (Å²) in [4.78, 5) is 6.39. The molecule has 0 saturated carbocycles. The Kier molecular flexibility index (Phi) is 7.12. The minimum atomic E-state index is -4.01. The molecule has 172 valence electrons. The van der Waals surface area contributed by atoms with Crippen LogP contribution in [-0.4, -0.2) is 38.6 Å². The van der Waals surface area contributed by atoms with Crippen LogP contribution < -0.4 is 14.9 Å². The lowest BCUT2D eigenvalue weighted by atomic mass is 10.1. The molecule has 1 aromatic carbocycles. The van der Waals surface area contributed by atoms with Gasteiger partial charge in [-0.15, -0.1) is 12.4 Å². The molecule has 1 aliphatic rings. The molecule has 10 heteroatoms. The number of aryl methyl sites for hydroxylation is 1. The van der Waals surface area contributed by atoms with Crippen molar-refractivity contribution in [2.45, 2.75) is 37.8 Å². The van der Waals surface area contributed by atoms with Gasteiger partial charge in [0.25, 0.3) is 10.0 Å². The number of nitrogens with one attached hydrogen (secondary N) is 2. The molecule has 0 amide bonds. The number of furan rings is 1. The molecule has 0 aliphatic carbocycles. The van der Waals surface area contributed by atoms with Crippen molar-refractivity contribution in [1.29, 1.82) is 0 Å². The van der Waals surface area contributed by atoms with Crippen molar-refractivity contribution < 1.29 is 17.2 Å². The highest BCUT2D eigenvalue weighted by Gasteiger charge is 2.23. The minimum absolute atomic E-state index is 0. The molecule has 1 fully saturated rings. The maximum atomic E-state index is 14.6. The molecule has 1 saturated heterocycles. The third kappa shape index (κ3) is 5.23. The van der Waals surface area contributed by atoms with Crippen LogP contribution in [-0.2, 0) is 10.0 Å². The van der Waals surface area contributed by atoms with Crippen LogP contribution in [0.4, 0.5) is 16.0 Å². The highest BCUT2D eigenvalue weighted by atomic mass is 35.5. The zero-order valence-electron chi connectivity index (χ0n) is 18.0. The number of nitrogens with zero attached hydrogens (tertiary/aromatic N) is 2. The monoisotopic (exact) mass is 480 g/mol. The van der Waals surface area contributed by atoms with Crippen molar-refractivity contribution in [3.05, 3.63) is 60.1 Å². The van der Waals surface area contributed by atoms with E-state index in [2.05, 4.69) is 33.8 Å². The molecule has 2 N–H and O–H groups in total. The number of aromatic nitrogens is 1. The molecule has 7 nitrogen and oxygen atoms in total. The summed E-state index contributed by atoms with van der Waals surface area (Å²) in [6, 6.07) is 12.9. The summed E-state index contributed by atoms with van der Waals surface area (Å²) in [6.07, 6.45) is 0. The number of rotatable bonds is 5. The van der Waals surface area contributed by atoms with Crippen LogP contribution in [0.3, 0.4) is 0 Å². The summed E-state index contributed by atoms with van der Waals surface area (Å²) >= 11 is 0. The number of piperazine rings is 1. The molecular formula is C22H26ClFN4O3S. The van der Waals surface area contributed by atoms with Crippen LogP contribution >= 0.6 is 12.4 Å². The van der Waals surface area contributed by atoms with Gasteiger partial charge in [0.2, 0.25) is 0 Å². The number of anilines is 2. The van der Waals surface area contributed by atoms with E-state index in [1.54, 1.807) is 31.2 Å². The van der Waals surface area contributed by atoms with E-state index in [0.717, 1.165) is 19.2 Å². The highest BCUT2D eigenvalue weighted by Crippen LogP contribution is 2.27. The van der Waals surface area contributed by atoms with Gasteiger partial charge < -0.3 is 14.6 Å². The number of hydrogen-bond acceptors (Lipinski definition) is 6. The van der Waals surface area contributed by atoms with Gasteiger partial charge in [0.1, 0.15) is 29.0 Å². The standard InChI is InChI=1S/C22H25FN4O3S.ClH/c1-14-12-27(13-15(2)24-14)22-6-4-5-21(25-22)26-31(28,29)17-8-9-18(19(23)11-17)20-10-7-16(3)30-20;/h4-11,14-15,24H,12-13H2,1-3H3,(H,25,26);1H/t14-,15+;. The van der Waals surface area contributed by atoms with E-state index >= 15 is 0 Å². The lowest BCUT2D eigenvalue weighted by molar-refractivity contribution is 0.405. The Balaban J connectivity index is 0.00000289. The van der Waals surface area contributed by atoms with E-state index in [1.165, 1.54) is 12.1 Å². The Bertz CT molecular complexity index is 1190. The van der Waals surface area contributed by atoms with Gasteiger partial charge in [-0.2, -0.15) is 0 Å². The quantitative estimate of drug-likeness (QED) is 0.569. The summed E-state index contributed by atoms with van der Waals surface area (Å²) in [5.74, 6) is 1.19. The van der Waals surface area contributed by atoms with Crippen molar-refractivity contribution in [2.24, 2.45) is 0 Å². The second-order valence-corrected chi connectivity index (χ2v) is 9.59. The fraction of sp³-hybridized carbons (Fsp3) is 0.318. The molecule has 32 heavy (non-hydrogen) atoms. The Labute approximate surface area is 193 Å². The van der Waals surface area contributed by atoms with Gasteiger partial charge in [-0.25, -0.2) is 17.8 Å². The second kappa shape index (κ2) is 9.48. The van der Waals surface area contributed by atoms with Crippen molar-refractivity contribution in [2.75, 3.05) is 22.7 Å². The predicted molar refractivity (Wildman–Crippen MR) is 125 cm³/mol. The van der Waals surface area contributed by atoms with Gasteiger partial charge in [0.15, 0.2) is 0 Å². The Hall–Kier alpha value is -2.62. The maximum Gasteiger partial charge on any atom is 0.263 e. The molecule has 0 radical (unpaired) electrons. The SMILES string of the molecule is Cc1ccc(-c2ccc(S(=O)(=O)Nc3cccc(N4C[C@@H](C)N[C@@H](C)C4)n3)cc2F)o1.Cl. The van der Waals surface area contributed by atoms with Gasteiger partial charge in [-0.05, 0) is 63.2 Å². The molecule has 1 aliphatic heterocycles. The maximum absolute atomic E-state index is 14.6. The summed E-state index contributed by atoms with van der Waals surface area (Å²) < 4.78 is 48.2. The first kappa shape index (κ1) is 24.0. The van der Waals surface area contributed by atoms with Crippen LogP contribution in [0.1, 0.15) is 19.6 Å². The van der Waals surface area contributed by atoms with E-state index < -0.39 is 15.8 Å². The first-order valence-corrected chi connectivity index (χ1v) is 11.6. The molecule has 4 rings (SSSR count). The molecule has 0 unspecified atom stereocenters. The van der Waals surface area contributed by atoms with Gasteiger partial charge in [-0.3, -0.25) is 4.72 Å². The Morgan fingerprint density at radius 2 is 1.84 bits per heavy atom. The van der Waals surface area contributed by atoms with Gasteiger partial charge >= 0.3 is 0 Å². The van der Waals surface area contributed by atoms with Crippen LogP contribution in [0.25, 0.3) is 11.3 Å². The summed E-state index contributed by atoms with van der Waals surface area (Å²) in [5, 5.41) is 3.45. The summed E-state index contributed by atoms with van der Waals surface area (Å²) in [5.41, 5.74) is 0.203. The largest absolute Gasteiger partial charge is 0.461 e. The topological polar surface area (TPSA) is 87.5 Å². The number of hydrogen-bond donors (Lipinski definition) is 2. The average molecular weight is 481 g/mol. The molecule has 0 bridgehead atoms. The Morgan fingerprint density at radius 1 is 1.12 bits per heavy atom. The van der Waals surface area contributed by atoms with Gasteiger partial charge in [-0.1, -0.05) is 6.07 Å². The fourth-order valence-electron chi connectivity index (χ4n) is 3.81. The summed E-state index contributed by atoms with van der Waals surface area (Å²) in [7, 11) is -4.01. The summed E-state index contributed by atoms with van der Waals surface area (Å²) in [6.45, 7) is 7.49. The highest BCUT2D eigenvalue weighted by molar-refractivity contribution is 7.92. The van der Waals surface area contributed by atoms with E-state index in [1.807, 2.05) is 6.07 Å². The molecule has 0 spiro atoms. The zero-order valence-corrected chi connectivity index (χ0v) is 19.6. The minimum Gasteiger partial charge on any atom is -0.461 e. The third-order valence-electron chi connectivity index (χ3n) is 5.11. The smallest absolute Gasteiger partial charge is 0.263 e.